The van der Waals surface area contributed by atoms with Crippen molar-refractivity contribution in [3.05, 3.63) is 35.9 Å². The number of benzene rings is 1. The maximum absolute atomic E-state index is 11.6. The summed E-state index contributed by atoms with van der Waals surface area (Å²) in [5, 5.41) is 12.1. The third kappa shape index (κ3) is 1.86. The summed E-state index contributed by atoms with van der Waals surface area (Å²) in [6.07, 6.45) is 2.30. The number of carbonyl (C=O) groups excluding carboxylic acids is 1. The van der Waals surface area contributed by atoms with Crippen molar-refractivity contribution in [2.24, 2.45) is 5.41 Å². The van der Waals surface area contributed by atoms with E-state index >= 15 is 0 Å². The largest absolute Gasteiger partial charge is 0.445 e. The quantitative estimate of drug-likeness (QED) is 0.853. The summed E-state index contributed by atoms with van der Waals surface area (Å²) in [6.45, 7) is 0.531. The van der Waals surface area contributed by atoms with Crippen molar-refractivity contribution in [3.63, 3.8) is 0 Å². The van der Waals surface area contributed by atoms with E-state index in [4.69, 9.17) is 9.84 Å². The maximum atomic E-state index is 11.6. The molecule has 0 saturated heterocycles. The topological polar surface area (TPSA) is 58.6 Å². The molecule has 3 aliphatic carbocycles. The molecule has 18 heavy (non-hydrogen) atoms. The molecule has 3 saturated carbocycles. The van der Waals surface area contributed by atoms with Gasteiger partial charge in [-0.15, -0.1) is 0 Å². The SMILES string of the molecule is O=C(NC12CC(CO)(C1)C2)OCc1ccccc1. The Morgan fingerprint density at radius 2 is 1.94 bits per heavy atom. The number of alkyl carbamates (subject to hydrolysis) is 1. The Morgan fingerprint density at radius 3 is 2.56 bits per heavy atom. The van der Waals surface area contributed by atoms with Crippen LogP contribution < -0.4 is 5.32 Å². The maximum Gasteiger partial charge on any atom is 0.407 e. The molecule has 1 amide bonds. The van der Waals surface area contributed by atoms with Gasteiger partial charge < -0.3 is 15.2 Å². The average Bonchev–Trinajstić information content (AvgIpc) is 2.30. The molecule has 3 fully saturated rings. The van der Waals surface area contributed by atoms with Crippen LogP contribution in [0.1, 0.15) is 24.8 Å². The molecule has 4 rings (SSSR count). The van der Waals surface area contributed by atoms with Crippen molar-refractivity contribution >= 4 is 6.09 Å². The summed E-state index contributed by atoms with van der Waals surface area (Å²) in [5.41, 5.74) is 1.00. The molecule has 0 unspecified atom stereocenters. The van der Waals surface area contributed by atoms with Gasteiger partial charge in [0.15, 0.2) is 0 Å². The monoisotopic (exact) mass is 247 g/mol. The Hall–Kier alpha value is -1.55. The van der Waals surface area contributed by atoms with Crippen molar-refractivity contribution in [2.75, 3.05) is 6.61 Å². The van der Waals surface area contributed by atoms with Crippen molar-refractivity contribution < 1.29 is 14.6 Å². The van der Waals surface area contributed by atoms with E-state index in [9.17, 15) is 4.79 Å². The summed E-state index contributed by atoms with van der Waals surface area (Å²) in [5.74, 6) is 0. The van der Waals surface area contributed by atoms with E-state index < -0.39 is 0 Å². The number of ether oxygens (including phenoxy) is 1. The Balaban J connectivity index is 1.44. The molecule has 4 heteroatoms. The lowest BCUT2D eigenvalue weighted by molar-refractivity contribution is -0.174. The number of hydrogen-bond donors (Lipinski definition) is 2. The van der Waals surface area contributed by atoms with Gasteiger partial charge in [-0.3, -0.25) is 0 Å². The fourth-order valence-corrected chi connectivity index (χ4v) is 3.27. The van der Waals surface area contributed by atoms with Crippen LogP contribution in [0, 0.1) is 5.41 Å². The number of aliphatic hydroxyl groups excluding tert-OH is 1. The van der Waals surface area contributed by atoms with Crippen LogP contribution in [0.4, 0.5) is 4.79 Å². The molecule has 96 valence electrons. The number of hydrogen-bond acceptors (Lipinski definition) is 3. The minimum atomic E-state index is -0.356. The fraction of sp³-hybridized carbons (Fsp3) is 0.500. The summed E-state index contributed by atoms with van der Waals surface area (Å²) in [7, 11) is 0. The molecule has 1 aromatic rings. The Morgan fingerprint density at radius 1 is 1.28 bits per heavy atom. The van der Waals surface area contributed by atoms with Crippen LogP contribution in [0.2, 0.25) is 0 Å². The third-order valence-corrected chi connectivity index (χ3v) is 4.06. The van der Waals surface area contributed by atoms with E-state index in [0.29, 0.717) is 6.61 Å². The summed E-state index contributed by atoms with van der Waals surface area (Å²) >= 11 is 0. The van der Waals surface area contributed by atoms with E-state index in [0.717, 1.165) is 24.8 Å². The second-order valence-electron chi connectivity index (χ2n) is 5.66. The van der Waals surface area contributed by atoms with Crippen LogP contribution >= 0.6 is 0 Å². The van der Waals surface area contributed by atoms with Crippen molar-refractivity contribution in [2.45, 2.75) is 31.4 Å². The molecule has 2 N–H and O–H groups in total. The van der Waals surface area contributed by atoms with E-state index in [1.165, 1.54) is 0 Å². The molecule has 1 aromatic carbocycles. The normalized spacial score (nSPS) is 32.1. The van der Waals surface area contributed by atoms with Crippen molar-refractivity contribution in [1.29, 1.82) is 0 Å². The van der Waals surface area contributed by atoms with Gasteiger partial charge in [-0.05, 0) is 24.8 Å². The predicted molar refractivity (Wildman–Crippen MR) is 65.9 cm³/mol. The first-order valence-electron chi connectivity index (χ1n) is 6.25. The molecule has 0 aliphatic heterocycles. The first-order valence-corrected chi connectivity index (χ1v) is 6.25. The summed E-state index contributed by atoms with van der Waals surface area (Å²) in [4.78, 5) is 11.6. The standard InChI is InChI=1S/C14H17NO3/c16-10-13-7-14(8-13,9-13)15-12(17)18-6-11-4-2-1-3-5-11/h1-5,16H,6-10H2,(H,15,17). The molecule has 0 spiro atoms. The molecule has 0 radical (unpaired) electrons. The van der Waals surface area contributed by atoms with Crippen LogP contribution in [0.25, 0.3) is 0 Å². The molecule has 3 aliphatic rings. The zero-order valence-electron chi connectivity index (χ0n) is 10.2. The van der Waals surface area contributed by atoms with E-state index in [1.54, 1.807) is 0 Å². The van der Waals surface area contributed by atoms with Crippen molar-refractivity contribution in [1.82, 2.24) is 5.32 Å². The van der Waals surface area contributed by atoms with E-state index in [-0.39, 0.29) is 23.7 Å². The predicted octanol–water partition coefficient (Wildman–Crippen LogP) is 1.83. The minimum absolute atomic E-state index is 0.0868. The number of nitrogens with one attached hydrogen (secondary N) is 1. The Kier molecular flexibility index (Phi) is 2.55. The first-order chi connectivity index (χ1) is 8.65. The van der Waals surface area contributed by atoms with Gasteiger partial charge in [-0.2, -0.15) is 0 Å². The summed E-state index contributed by atoms with van der Waals surface area (Å²) < 4.78 is 5.18. The minimum Gasteiger partial charge on any atom is -0.445 e. The molecular formula is C14H17NO3. The highest BCUT2D eigenvalue weighted by atomic mass is 16.5. The first kappa shape index (κ1) is 11.5. The van der Waals surface area contributed by atoms with Gasteiger partial charge in [0.1, 0.15) is 6.61 Å². The molecule has 2 bridgehead atoms. The number of aliphatic hydroxyl groups is 1. The van der Waals surface area contributed by atoms with Gasteiger partial charge >= 0.3 is 6.09 Å². The van der Waals surface area contributed by atoms with Crippen LogP contribution in [0.3, 0.4) is 0 Å². The van der Waals surface area contributed by atoms with E-state index in [1.807, 2.05) is 30.3 Å². The Labute approximate surface area is 106 Å². The lowest BCUT2D eigenvalue weighted by atomic mass is 9.40. The third-order valence-electron chi connectivity index (χ3n) is 4.06. The van der Waals surface area contributed by atoms with Gasteiger partial charge in [0, 0.05) is 17.6 Å². The number of rotatable bonds is 4. The molecule has 0 heterocycles. The fourth-order valence-electron chi connectivity index (χ4n) is 3.27. The van der Waals surface area contributed by atoms with Gasteiger partial charge in [0.05, 0.1) is 0 Å². The zero-order valence-corrected chi connectivity index (χ0v) is 10.2. The highest BCUT2D eigenvalue weighted by molar-refractivity contribution is 5.69. The highest BCUT2D eigenvalue weighted by Crippen LogP contribution is 2.66. The average molecular weight is 247 g/mol. The van der Waals surface area contributed by atoms with Crippen LogP contribution in [-0.2, 0) is 11.3 Å². The lowest BCUT2D eigenvalue weighted by Crippen LogP contribution is -2.75. The smallest absolute Gasteiger partial charge is 0.407 e. The highest BCUT2D eigenvalue weighted by Gasteiger charge is 2.68. The Bertz CT molecular complexity index is 438. The van der Waals surface area contributed by atoms with E-state index in [2.05, 4.69) is 5.32 Å². The molecule has 0 atom stereocenters. The molecule has 4 nitrogen and oxygen atoms in total. The second-order valence-corrected chi connectivity index (χ2v) is 5.66. The van der Waals surface area contributed by atoms with Gasteiger partial charge in [0.2, 0.25) is 0 Å². The molecular weight excluding hydrogens is 230 g/mol. The summed E-state index contributed by atoms with van der Waals surface area (Å²) in [6, 6.07) is 9.62. The van der Waals surface area contributed by atoms with Crippen LogP contribution in [-0.4, -0.2) is 23.3 Å². The number of amides is 1. The second kappa shape index (κ2) is 3.99. The molecule has 0 aromatic heterocycles. The van der Waals surface area contributed by atoms with Crippen molar-refractivity contribution in [3.8, 4) is 0 Å². The van der Waals surface area contributed by atoms with Crippen LogP contribution in [0.5, 0.6) is 0 Å². The lowest BCUT2D eigenvalue weighted by Gasteiger charge is -2.69. The van der Waals surface area contributed by atoms with Gasteiger partial charge in [0.25, 0.3) is 0 Å². The van der Waals surface area contributed by atoms with Crippen LogP contribution in [0.15, 0.2) is 30.3 Å². The zero-order chi connectivity index (χ0) is 12.6. The van der Waals surface area contributed by atoms with Gasteiger partial charge in [-0.25, -0.2) is 4.79 Å². The number of carbonyl (C=O) groups is 1. The van der Waals surface area contributed by atoms with Gasteiger partial charge in [-0.1, -0.05) is 30.3 Å².